The Kier molecular flexibility index (Phi) is 9.52. The second kappa shape index (κ2) is 9.41. The number of hydrogen-bond donors (Lipinski definition) is 0. The summed E-state index contributed by atoms with van der Waals surface area (Å²) < 4.78 is 6.30. The van der Waals surface area contributed by atoms with Gasteiger partial charge in [-0.15, -0.1) is 0 Å². The van der Waals surface area contributed by atoms with Gasteiger partial charge in [0.25, 0.3) is 0 Å². The standard InChI is InChI=1S/C13H30OSi/c1-5-9-13-15(11-7-3,12-8-4)14-10-6-2/h5-13H2,1-4H3. The maximum atomic E-state index is 6.30. The highest BCUT2D eigenvalue weighted by Crippen LogP contribution is 2.28. The summed E-state index contributed by atoms with van der Waals surface area (Å²) in [5.74, 6) is 0. The fourth-order valence-corrected chi connectivity index (χ4v) is 6.96. The Morgan fingerprint density at radius 3 is 1.73 bits per heavy atom. The molecular weight excluding hydrogens is 200 g/mol. The van der Waals surface area contributed by atoms with Crippen molar-refractivity contribution in [3.8, 4) is 0 Å². The van der Waals surface area contributed by atoms with Gasteiger partial charge in [-0.2, -0.15) is 0 Å². The summed E-state index contributed by atoms with van der Waals surface area (Å²) in [6.07, 6.45) is 6.47. The maximum absolute atomic E-state index is 6.30. The van der Waals surface area contributed by atoms with Crippen molar-refractivity contribution < 1.29 is 4.43 Å². The SMILES string of the molecule is CCCC[Si](CCC)(CCC)OCCC. The Morgan fingerprint density at radius 2 is 1.33 bits per heavy atom. The molecule has 0 amide bonds. The van der Waals surface area contributed by atoms with Gasteiger partial charge in [-0.25, -0.2) is 0 Å². The first-order valence-corrected chi connectivity index (χ1v) is 9.41. The molecule has 1 nitrogen and oxygen atoms in total. The zero-order valence-corrected chi connectivity index (χ0v) is 12.3. The third-order valence-electron chi connectivity index (χ3n) is 3.01. The summed E-state index contributed by atoms with van der Waals surface area (Å²) in [5, 5.41) is 0. The molecule has 0 aromatic rings. The Balaban J connectivity index is 4.26. The Hall–Kier alpha value is 0.177. The fraction of sp³-hybridized carbons (Fsp3) is 1.00. The molecule has 0 aromatic carbocycles. The summed E-state index contributed by atoms with van der Waals surface area (Å²) in [7, 11) is -1.34. The van der Waals surface area contributed by atoms with Crippen LogP contribution in [0, 0.1) is 0 Å². The molecular formula is C13H30OSi. The van der Waals surface area contributed by atoms with E-state index in [1.807, 2.05) is 0 Å². The van der Waals surface area contributed by atoms with Crippen LogP contribution in [0.2, 0.25) is 18.1 Å². The zero-order valence-electron chi connectivity index (χ0n) is 11.3. The monoisotopic (exact) mass is 230 g/mol. The van der Waals surface area contributed by atoms with Crippen LogP contribution in [0.4, 0.5) is 0 Å². The molecule has 0 aliphatic rings. The highest BCUT2D eigenvalue weighted by atomic mass is 28.4. The molecule has 0 atom stereocenters. The molecule has 0 fully saturated rings. The predicted molar refractivity (Wildman–Crippen MR) is 71.9 cm³/mol. The van der Waals surface area contributed by atoms with Gasteiger partial charge in [-0.1, -0.05) is 53.4 Å². The van der Waals surface area contributed by atoms with E-state index in [0.717, 1.165) is 6.61 Å². The van der Waals surface area contributed by atoms with E-state index < -0.39 is 8.32 Å². The summed E-state index contributed by atoms with van der Waals surface area (Å²) in [6.45, 7) is 10.1. The van der Waals surface area contributed by atoms with Gasteiger partial charge in [0.2, 0.25) is 0 Å². The van der Waals surface area contributed by atoms with Crippen LogP contribution in [0.1, 0.15) is 59.8 Å². The van der Waals surface area contributed by atoms with E-state index >= 15 is 0 Å². The van der Waals surface area contributed by atoms with E-state index in [0.29, 0.717) is 0 Å². The molecule has 0 saturated heterocycles. The number of rotatable bonds is 10. The molecule has 0 aliphatic carbocycles. The molecule has 2 heteroatoms. The smallest absolute Gasteiger partial charge is 0.192 e. The Bertz CT molecular complexity index is 120. The molecule has 0 spiro atoms. The van der Waals surface area contributed by atoms with Crippen LogP contribution in [-0.2, 0) is 4.43 Å². The fourth-order valence-electron chi connectivity index (χ4n) is 2.32. The lowest BCUT2D eigenvalue weighted by atomic mass is 10.4. The first-order chi connectivity index (χ1) is 7.24. The van der Waals surface area contributed by atoms with Crippen molar-refractivity contribution in [3.63, 3.8) is 0 Å². The van der Waals surface area contributed by atoms with Crippen molar-refractivity contribution in [2.75, 3.05) is 6.61 Å². The molecule has 15 heavy (non-hydrogen) atoms. The van der Waals surface area contributed by atoms with E-state index in [2.05, 4.69) is 27.7 Å². The van der Waals surface area contributed by atoms with Crippen LogP contribution in [-0.4, -0.2) is 14.9 Å². The van der Waals surface area contributed by atoms with Crippen molar-refractivity contribution in [3.05, 3.63) is 0 Å². The molecule has 0 aliphatic heterocycles. The van der Waals surface area contributed by atoms with Crippen LogP contribution in [0.5, 0.6) is 0 Å². The van der Waals surface area contributed by atoms with Crippen LogP contribution in [0.3, 0.4) is 0 Å². The predicted octanol–water partition coefficient (Wildman–Crippen LogP) is 4.98. The molecule has 0 radical (unpaired) electrons. The lowest BCUT2D eigenvalue weighted by molar-refractivity contribution is 0.294. The van der Waals surface area contributed by atoms with Crippen LogP contribution < -0.4 is 0 Å². The van der Waals surface area contributed by atoms with Crippen LogP contribution in [0.25, 0.3) is 0 Å². The lowest BCUT2D eigenvalue weighted by Gasteiger charge is -2.31. The van der Waals surface area contributed by atoms with Gasteiger partial charge in [0.1, 0.15) is 0 Å². The quantitative estimate of drug-likeness (QED) is 0.481. The Morgan fingerprint density at radius 1 is 0.733 bits per heavy atom. The molecule has 0 heterocycles. The minimum atomic E-state index is -1.34. The van der Waals surface area contributed by atoms with Crippen molar-refractivity contribution in [1.82, 2.24) is 0 Å². The summed E-state index contributed by atoms with van der Waals surface area (Å²) >= 11 is 0. The number of hydrogen-bond acceptors (Lipinski definition) is 1. The van der Waals surface area contributed by atoms with Gasteiger partial charge in [-0.05, 0) is 24.6 Å². The minimum Gasteiger partial charge on any atom is -0.417 e. The van der Waals surface area contributed by atoms with Gasteiger partial charge in [0.05, 0.1) is 0 Å². The molecule has 0 saturated carbocycles. The third kappa shape index (κ3) is 6.36. The molecule has 92 valence electrons. The lowest BCUT2D eigenvalue weighted by Crippen LogP contribution is -2.38. The number of unbranched alkanes of at least 4 members (excludes halogenated alkanes) is 1. The van der Waals surface area contributed by atoms with E-state index in [4.69, 9.17) is 4.43 Å². The molecule has 0 N–H and O–H groups in total. The highest BCUT2D eigenvalue weighted by Gasteiger charge is 2.31. The average molecular weight is 230 g/mol. The van der Waals surface area contributed by atoms with Crippen molar-refractivity contribution >= 4 is 8.32 Å². The Labute approximate surface area is 97.7 Å². The van der Waals surface area contributed by atoms with Gasteiger partial charge in [0.15, 0.2) is 8.32 Å². The molecule has 0 rings (SSSR count). The van der Waals surface area contributed by atoms with Crippen molar-refractivity contribution in [2.45, 2.75) is 77.9 Å². The normalized spacial score (nSPS) is 12.0. The second-order valence-corrected chi connectivity index (χ2v) is 8.79. The van der Waals surface area contributed by atoms with Gasteiger partial charge in [0, 0.05) is 6.61 Å². The van der Waals surface area contributed by atoms with E-state index in [-0.39, 0.29) is 0 Å². The second-order valence-electron chi connectivity index (χ2n) is 4.64. The van der Waals surface area contributed by atoms with E-state index in [1.165, 1.54) is 50.2 Å². The average Bonchev–Trinajstić information content (AvgIpc) is 2.24. The van der Waals surface area contributed by atoms with E-state index in [1.54, 1.807) is 0 Å². The maximum Gasteiger partial charge on any atom is 0.192 e. The van der Waals surface area contributed by atoms with Crippen molar-refractivity contribution in [2.24, 2.45) is 0 Å². The molecule has 0 bridgehead atoms. The highest BCUT2D eigenvalue weighted by molar-refractivity contribution is 6.73. The van der Waals surface area contributed by atoms with Crippen LogP contribution >= 0.6 is 0 Å². The molecule has 0 aromatic heterocycles. The van der Waals surface area contributed by atoms with E-state index in [9.17, 15) is 0 Å². The molecule has 0 unspecified atom stereocenters. The topological polar surface area (TPSA) is 9.23 Å². The van der Waals surface area contributed by atoms with Crippen LogP contribution in [0.15, 0.2) is 0 Å². The van der Waals surface area contributed by atoms with Gasteiger partial charge < -0.3 is 4.43 Å². The first kappa shape index (κ1) is 15.2. The third-order valence-corrected chi connectivity index (χ3v) is 7.91. The first-order valence-electron chi connectivity index (χ1n) is 6.88. The zero-order chi connectivity index (χ0) is 11.6. The van der Waals surface area contributed by atoms with Gasteiger partial charge >= 0.3 is 0 Å². The van der Waals surface area contributed by atoms with Crippen molar-refractivity contribution in [1.29, 1.82) is 0 Å². The summed E-state index contributed by atoms with van der Waals surface area (Å²) in [6, 6.07) is 4.15. The summed E-state index contributed by atoms with van der Waals surface area (Å²) in [4.78, 5) is 0. The summed E-state index contributed by atoms with van der Waals surface area (Å²) in [5.41, 5.74) is 0. The van der Waals surface area contributed by atoms with Gasteiger partial charge in [-0.3, -0.25) is 0 Å². The largest absolute Gasteiger partial charge is 0.417 e. The minimum absolute atomic E-state index is 0.996.